The second-order valence-corrected chi connectivity index (χ2v) is 4.59. The van der Waals surface area contributed by atoms with E-state index >= 15 is 0 Å². The van der Waals surface area contributed by atoms with Gasteiger partial charge in [-0.2, -0.15) is 0 Å². The number of nitro groups is 1. The molecule has 2 rings (SSSR count). The first-order valence-corrected chi connectivity index (χ1v) is 5.83. The van der Waals surface area contributed by atoms with Gasteiger partial charge in [0, 0.05) is 6.07 Å². The van der Waals surface area contributed by atoms with Crippen LogP contribution in [0.1, 0.15) is 19.8 Å². The number of hydrogen-bond donors (Lipinski definition) is 2. The second kappa shape index (κ2) is 4.73. The Morgan fingerprint density at radius 2 is 2.22 bits per heavy atom. The Bertz CT molecular complexity index is 481. The Labute approximate surface area is 105 Å². The molecule has 1 aromatic carbocycles. The summed E-state index contributed by atoms with van der Waals surface area (Å²) in [4.78, 5) is 22.5. The van der Waals surface area contributed by atoms with E-state index < -0.39 is 10.5 Å². The summed E-state index contributed by atoms with van der Waals surface area (Å²) in [5.41, 5.74) is -0.487. The Kier molecular flexibility index (Phi) is 3.29. The van der Waals surface area contributed by atoms with Crippen LogP contribution < -0.4 is 10.6 Å². The van der Waals surface area contributed by atoms with Gasteiger partial charge in [0.15, 0.2) is 0 Å². The number of benzene rings is 1. The van der Waals surface area contributed by atoms with Gasteiger partial charge >= 0.3 is 0 Å². The van der Waals surface area contributed by atoms with Gasteiger partial charge < -0.3 is 10.6 Å². The van der Waals surface area contributed by atoms with E-state index in [-0.39, 0.29) is 17.3 Å². The maximum atomic E-state index is 12.1. The highest BCUT2D eigenvalue weighted by molar-refractivity contribution is 5.99. The van der Waals surface area contributed by atoms with Crippen LogP contribution in [0.4, 0.5) is 11.4 Å². The van der Waals surface area contributed by atoms with Gasteiger partial charge in [0.25, 0.3) is 5.69 Å². The summed E-state index contributed by atoms with van der Waals surface area (Å²) in [7, 11) is 0. The first-order valence-electron chi connectivity index (χ1n) is 5.83. The van der Waals surface area contributed by atoms with Crippen LogP contribution in [-0.4, -0.2) is 22.9 Å². The first-order chi connectivity index (χ1) is 8.53. The van der Waals surface area contributed by atoms with Gasteiger partial charge in [-0.1, -0.05) is 12.1 Å². The summed E-state index contributed by atoms with van der Waals surface area (Å²) >= 11 is 0. The fourth-order valence-electron chi connectivity index (χ4n) is 2.09. The summed E-state index contributed by atoms with van der Waals surface area (Å²) < 4.78 is 0. The van der Waals surface area contributed by atoms with Crippen LogP contribution in [0.15, 0.2) is 24.3 Å². The Hall–Kier alpha value is -1.95. The minimum absolute atomic E-state index is 0.0903. The van der Waals surface area contributed by atoms with Crippen molar-refractivity contribution in [3.05, 3.63) is 34.4 Å². The minimum Gasteiger partial charge on any atom is -0.319 e. The molecule has 0 aromatic heterocycles. The molecule has 1 aliphatic rings. The third kappa shape index (κ3) is 2.33. The summed E-state index contributed by atoms with van der Waals surface area (Å²) in [5, 5.41) is 16.6. The van der Waals surface area contributed by atoms with Crippen molar-refractivity contribution >= 4 is 17.3 Å². The highest BCUT2D eigenvalue weighted by Gasteiger charge is 2.36. The quantitative estimate of drug-likeness (QED) is 0.630. The van der Waals surface area contributed by atoms with Crippen molar-refractivity contribution in [2.75, 3.05) is 11.9 Å². The van der Waals surface area contributed by atoms with Crippen LogP contribution in [0.25, 0.3) is 0 Å². The highest BCUT2D eigenvalue weighted by Crippen LogP contribution is 2.26. The zero-order chi connectivity index (χ0) is 13.2. The first kappa shape index (κ1) is 12.5. The molecule has 0 radical (unpaired) electrons. The predicted octanol–water partition coefficient (Wildman–Crippen LogP) is 1.68. The van der Waals surface area contributed by atoms with Crippen molar-refractivity contribution in [1.29, 1.82) is 0 Å². The zero-order valence-electron chi connectivity index (χ0n) is 10.1. The smallest absolute Gasteiger partial charge is 0.292 e. The second-order valence-electron chi connectivity index (χ2n) is 4.59. The molecule has 1 aromatic rings. The molecule has 1 atom stereocenters. The van der Waals surface area contributed by atoms with Crippen LogP contribution in [-0.2, 0) is 4.79 Å². The van der Waals surface area contributed by atoms with Crippen LogP contribution in [0, 0.1) is 10.1 Å². The average Bonchev–Trinajstić information content (AvgIpc) is 2.78. The molecule has 2 N–H and O–H groups in total. The molecule has 18 heavy (non-hydrogen) atoms. The molecule has 1 fully saturated rings. The van der Waals surface area contributed by atoms with E-state index in [2.05, 4.69) is 10.6 Å². The summed E-state index contributed by atoms with van der Waals surface area (Å²) in [6.45, 7) is 2.60. The molecule has 0 aliphatic carbocycles. The number of carbonyl (C=O) groups excluding carboxylic acids is 1. The van der Waals surface area contributed by atoms with Gasteiger partial charge in [0.1, 0.15) is 5.69 Å². The predicted molar refractivity (Wildman–Crippen MR) is 67.4 cm³/mol. The standard InChI is InChI=1S/C12H15N3O3/c1-12(7-4-8-13-12)11(16)14-9-5-2-3-6-10(9)15(17)18/h2-3,5-6,13H,4,7-8H2,1H3,(H,14,16). The van der Waals surface area contributed by atoms with E-state index in [9.17, 15) is 14.9 Å². The normalized spacial score (nSPS) is 22.7. The summed E-state index contributed by atoms with van der Waals surface area (Å²) in [5.74, 6) is -0.227. The fourth-order valence-corrected chi connectivity index (χ4v) is 2.09. The number of nitrogens with zero attached hydrogens (tertiary/aromatic N) is 1. The SMILES string of the molecule is CC1(C(=O)Nc2ccccc2[N+](=O)[O-])CCCN1. The van der Waals surface area contributed by atoms with Crippen molar-refractivity contribution in [2.24, 2.45) is 0 Å². The van der Waals surface area contributed by atoms with E-state index in [1.807, 2.05) is 6.92 Å². The van der Waals surface area contributed by atoms with Crippen LogP contribution in [0.5, 0.6) is 0 Å². The lowest BCUT2D eigenvalue weighted by Gasteiger charge is -2.22. The third-order valence-electron chi connectivity index (χ3n) is 3.22. The number of carbonyl (C=O) groups is 1. The fraction of sp³-hybridized carbons (Fsp3) is 0.417. The molecule has 1 amide bonds. The van der Waals surface area contributed by atoms with Crippen LogP contribution >= 0.6 is 0 Å². The topological polar surface area (TPSA) is 84.3 Å². The molecular weight excluding hydrogens is 234 g/mol. The molecule has 6 nitrogen and oxygen atoms in total. The maximum absolute atomic E-state index is 12.1. The number of anilines is 1. The lowest BCUT2D eigenvalue weighted by atomic mass is 9.99. The van der Waals surface area contributed by atoms with E-state index in [4.69, 9.17) is 0 Å². The van der Waals surface area contributed by atoms with Gasteiger partial charge in [-0.05, 0) is 32.4 Å². The molecule has 1 aliphatic heterocycles. The molecular formula is C12H15N3O3. The third-order valence-corrected chi connectivity index (χ3v) is 3.22. The number of hydrogen-bond acceptors (Lipinski definition) is 4. The number of nitrogens with one attached hydrogen (secondary N) is 2. The lowest BCUT2D eigenvalue weighted by Crippen LogP contribution is -2.48. The summed E-state index contributed by atoms with van der Waals surface area (Å²) in [6, 6.07) is 6.14. The van der Waals surface area contributed by atoms with Crippen LogP contribution in [0.2, 0.25) is 0 Å². The molecule has 6 heteroatoms. The Balaban J connectivity index is 2.19. The Morgan fingerprint density at radius 1 is 1.50 bits per heavy atom. The van der Waals surface area contributed by atoms with Gasteiger partial charge in [0.2, 0.25) is 5.91 Å². The lowest BCUT2D eigenvalue weighted by molar-refractivity contribution is -0.383. The highest BCUT2D eigenvalue weighted by atomic mass is 16.6. The molecule has 1 saturated heterocycles. The molecule has 0 bridgehead atoms. The number of rotatable bonds is 3. The van der Waals surface area contributed by atoms with Crippen molar-refractivity contribution in [1.82, 2.24) is 5.32 Å². The van der Waals surface area contributed by atoms with Gasteiger partial charge in [-0.15, -0.1) is 0 Å². The average molecular weight is 249 g/mol. The molecule has 1 heterocycles. The van der Waals surface area contributed by atoms with Crippen molar-refractivity contribution < 1.29 is 9.72 Å². The van der Waals surface area contributed by atoms with Gasteiger partial charge in [0.05, 0.1) is 10.5 Å². The zero-order valence-corrected chi connectivity index (χ0v) is 10.1. The van der Waals surface area contributed by atoms with Gasteiger partial charge in [-0.25, -0.2) is 0 Å². The van der Waals surface area contributed by atoms with Crippen molar-refractivity contribution in [3.8, 4) is 0 Å². The Morgan fingerprint density at radius 3 is 2.83 bits per heavy atom. The molecule has 1 unspecified atom stereocenters. The molecule has 0 saturated carbocycles. The van der Waals surface area contributed by atoms with E-state index in [0.29, 0.717) is 0 Å². The van der Waals surface area contributed by atoms with E-state index in [0.717, 1.165) is 19.4 Å². The van der Waals surface area contributed by atoms with Crippen molar-refractivity contribution in [2.45, 2.75) is 25.3 Å². The van der Waals surface area contributed by atoms with Gasteiger partial charge in [-0.3, -0.25) is 14.9 Å². The number of para-hydroxylation sites is 2. The van der Waals surface area contributed by atoms with Crippen molar-refractivity contribution in [3.63, 3.8) is 0 Å². The summed E-state index contributed by atoms with van der Waals surface area (Å²) in [6.07, 6.45) is 1.67. The van der Waals surface area contributed by atoms with E-state index in [1.54, 1.807) is 12.1 Å². The molecule has 96 valence electrons. The minimum atomic E-state index is -0.635. The van der Waals surface area contributed by atoms with E-state index in [1.165, 1.54) is 12.1 Å². The monoisotopic (exact) mass is 249 g/mol. The largest absolute Gasteiger partial charge is 0.319 e. The van der Waals surface area contributed by atoms with Crippen LogP contribution in [0.3, 0.4) is 0 Å². The number of nitro benzene ring substituents is 1. The maximum Gasteiger partial charge on any atom is 0.292 e. The number of amides is 1. The molecule has 0 spiro atoms.